The number of esters is 1. The third-order valence-electron chi connectivity index (χ3n) is 7.82. The standard InChI is InChI=1S/C31H42O2/c1-10-15-33-29(32)24-13-11-23(12-14-24)17-21(4)26-19-28-27(18-25(26)16-20(2)3)30(6,7)22(5)31(28,8)9/h11-14,17-20,22H,10,15-16H2,1-9H3/b21-17+. The molecule has 0 amide bonds. The van der Waals surface area contributed by atoms with Gasteiger partial charge in [-0.05, 0) is 88.0 Å². The fourth-order valence-corrected chi connectivity index (χ4v) is 5.38. The van der Waals surface area contributed by atoms with E-state index >= 15 is 0 Å². The van der Waals surface area contributed by atoms with Gasteiger partial charge >= 0.3 is 5.97 Å². The van der Waals surface area contributed by atoms with Crippen molar-refractivity contribution >= 4 is 17.6 Å². The SMILES string of the molecule is CCCOC(=O)c1ccc(/C=C(\C)c2cc3c(cc2CC(C)C)C(C)(C)C(C)C3(C)C)cc1. The van der Waals surface area contributed by atoms with Gasteiger partial charge in [0.25, 0.3) is 0 Å². The van der Waals surface area contributed by atoms with Gasteiger partial charge in [0.15, 0.2) is 0 Å². The highest BCUT2D eigenvalue weighted by Crippen LogP contribution is 2.54. The van der Waals surface area contributed by atoms with Crippen LogP contribution in [0.25, 0.3) is 11.6 Å². The van der Waals surface area contributed by atoms with Crippen LogP contribution in [0.2, 0.25) is 0 Å². The molecule has 0 N–H and O–H groups in total. The fourth-order valence-electron chi connectivity index (χ4n) is 5.38. The number of hydrogen-bond acceptors (Lipinski definition) is 2. The zero-order chi connectivity index (χ0) is 24.6. The van der Waals surface area contributed by atoms with Gasteiger partial charge in [0.2, 0.25) is 0 Å². The van der Waals surface area contributed by atoms with Crippen molar-refractivity contribution in [2.75, 3.05) is 6.61 Å². The molecule has 0 aromatic heterocycles. The maximum Gasteiger partial charge on any atom is 0.338 e. The average Bonchev–Trinajstić information content (AvgIpc) is 2.88. The predicted molar refractivity (Wildman–Crippen MR) is 141 cm³/mol. The van der Waals surface area contributed by atoms with Gasteiger partial charge in [-0.25, -0.2) is 4.79 Å². The summed E-state index contributed by atoms with van der Waals surface area (Å²) in [6, 6.07) is 12.7. The summed E-state index contributed by atoms with van der Waals surface area (Å²) >= 11 is 0. The van der Waals surface area contributed by atoms with Crippen LogP contribution in [0.1, 0.15) is 107 Å². The molecule has 0 bridgehead atoms. The molecule has 0 saturated carbocycles. The lowest BCUT2D eigenvalue weighted by Gasteiger charge is -2.32. The number of rotatable bonds is 7. The molecule has 1 aliphatic rings. The molecule has 2 aromatic rings. The third kappa shape index (κ3) is 4.95. The van der Waals surface area contributed by atoms with Crippen molar-refractivity contribution < 1.29 is 9.53 Å². The lowest BCUT2D eigenvalue weighted by atomic mass is 9.71. The Bertz CT molecular complexity index is 1040. The second kappa shape index (κ2) is 9.49. The zero-order valence-electron chi connectivity index (χ0n) is 22.1. The van der Waals surface area contributed by atoms with Gasteiger partial charge in [-0.15, -0.1) is 0 Å². The predicted octanol–water partition coefficient (Wildman–Crippen LogP) is 8.22. The third-order valence-corrected chi connectivity index (χ3v) is 7.82. The first-order valence-electron chi connectivity index (χ1n) is 12.5. The zero-order valence-corrected chi connectivity index (χ0v) is 22.1. The fraction of sp³-hybridized carbons (Fsp3) is 0.516. The van der Waals surface area contributed by atoms with E-state index in [4.69, 9.17) is 4.74 Å². The van der Waals surface area contributed by atoms with E-state index in [1.807, 2.05) is 31.2 Å². The van der Waals surface area contributed by atoms with E-state index in [0.717, 1.165) is 18.4 Å². The van der Waals surface area contributed by atoms with E-state index in [1.54, 1.807) is 0 Å². The summed E-state index contributed by atoms with van der Waals surface area (Å²) < 4.78 is 5.25. The van der Waals surface area contributed by atoms with Gasteiger partial charge in [-0.3, -0.25) is 0 Å². The number of carbonyl (C=O) groups is 1. The van der Waals surface area contributed by atoms with E-state index in [9.17, 15) is 4.79 Å². The Hall–Kier alpha value is -2.35. The van der Waals surface area contributed by atoms with Crippen LogP contribution < -0.4 is 0 Å². The Balaban J connectivity index is 2.02. The lowest BCUT2D eigenvalue weighted by molar-refractivity contribution is 0.0505. The Labute approximate surface area is 201 Å². The minimum atomic E-state index is -0.249. The molecule has 0 spiro atoms. The molecule has 2 heteroatoms. The van der Waals surface area contributed by atoms with Crippen LogP contribution in [0.15, 0.2) is 36.4 Å². The molecule has 0 saturated heterocycles. The van der Waals surface area contributed by atoms with E-state index in [0.29, 0.717) is 24.0 Å². The topological polar surface area (TPSA) is 26.3 Å². The summed E-state index contributed by atoms with van der Waals surface area (Å²) in [5.41, 5.74) is 9.09. The van der Waals surface area contributed by atoms with E-state index in [2.05, 4.69) is 73.6 Å². The molecular weight excluding hydrogens is 404 g/mol. The Morgan fingerprint density at radius 3 is 2.15 bits per heavy atom. The van der Waals surface area contributed by atoms with Gasteiger partial charge in [-0.1, -0.05) is 85.7 Å². The van der Waals surface area contributed by atoms with Crippen LogP contribution in [0.3, 0.4) is 0 Å². The highest BCUT2D eigenvalue weighted by Gasteiger charge is 2.48. The monoisotopic (exact) mass is 446 g/mol. The molecule has 1 unspecified atom stereocenters. The van der Waals surface area contributed by atoms with Crippen molar-refractivity contribution in [3.63, 3.8) is 0 Å². The number of ether oxygens (including phenoxy) is 1. The minimum absolute atomic E-state index is 0.144. The second-order valence-corrected chi connectivity index (χ2v) is 11.4. The first kappa shape index (κ1) is 25.3. The summed E-state index contributed by atoms with van der Waals surface area (Å²) in [5.74, 6) is 0.922. The van der Waals surface area contributed by atoms with Crippen LogP contribution in [-0.2, 0) is 22.0 Å². The van der Waals surface area contributed by atoms with Crippen molar-refractivity contribution in [3.8, 4) is 0 Å². The maximum atomic E-state index is 12.1. The van der Waals surface area contributed by atoms with Crippen molar-refractivity contribution in [3.05, 3.63) is 69.8 Å². The second-order valence-electron chi connectivity index (χ2n) is 11.4. The molecule has 0 heterocycles. The van der Waals surface area contributed by atoms with E-state index in [1.165, 1.54) is 27.8 Å². The van der Waals surface area contributed by atoms with Gasteiger partial charge in [0.1, 0.15) is 0 Å². The number of carbonyl (C=O) groups excluding carboxylic acids is 1. The molecule has 178 valence electrons. The quantitative estimate of drug-likeness (QED) is 0.316. The Morgan fingerprint density at radius 1 is 1.03 bits per heavy atom. The summed E-state index contributed by atoms with van der Waals surface area (Å²) in [6.07, 6.45) is 4.14. The molecule has 0 fully saturated rings. The maximum absolute atomic E-state index is 12.1. The van der Waals surface area contributed by atoms with Gasteiger partial charge in [0.05, 0.1) is 12.2 Å². The molecule has 0 aliphatic heterocycles. The van der Waals surface area contributed by atoms with Crippen LogP contribution in [0, 0.1) is 11.8 Å². The summed E-state index contributed by atoms with van der Waals surface area (Å²) in [7, 11) is 0. The summed E-state index contributed by atoms with van der Waals surface area (Å²) in [6.45, 7) is 21.3. The molecular formula is C31H42O2. The highest BCUT2D eigenvalue weighted by atomic mass is 16.5. The molecule has 2 aromatic carbocycles. The molecule has 0 radical (unpaired) electrons. The van der Waals surface area contributed by atoms with Crippen molar-refractivity contribution in [1.82, 2.24) is 0 Å². The molecule has 33 heavy (non-hydrogen) atoms. The lowest BCUT2D eigenvalue weighted by Crippen LogP contribution is -2.30. The minimum Gasteiger partial charge on any atom is -0.462 e. The number of hydrogen-bond donors (Lipinski definition) is 0. The van der Waals surface area contributed by atoms with Gasteiger partial charge < -0.3 is 4.74 Å². The summed E-state index contributed by atoms with van der Waals surface area (Å²) in [5, 5.41) is 0. The normalized spacial score (nSPS) is 19.0. The highest BCUT2D eigenvalue weighted by molar-refractivity contribution is 5.90. The smallest absolute Gasteiger partial charge is 0.338 e. The van der Waals surface area contributed by atoms with Crippen LogP contribution in [0.5, 0.6) is 0 Å². The number of allylic oxidation sites excluding steroid dienone is 1. The summed E-state index contributed by atoms with van der Waals surface area (Å²) in [4.78, 5) is 12.1. The van der Waals surface area contributed by atoms with Crippen molar-refractivity contribution in [2.45, 2.75) is 86.0 Å². The number of fused-ring (bicyclic) bond motifs is 1. The first-order valence-corrected chi connectivity index (χ1v) is 12.5. The molecule has 2 nitrogen and oxygen atoms in total. The van der Waals surface area contributed by atoms with Gasteiger partial charge in [0, 0.05) is 0 Å². The Morgan fingerprint density at radius 2 is 1.61 bits per heavy atom. The number of benzene rings is 2. The molecule has 3 rings (SSSR count). The molecule has 1 aliphatic carbocycles. The van der Waals surface area contributed by atoms with Crippen LogP contribution in [-0.4, -0.2) is 12.6 Å². The van der Waals surface area contributed by atoms with Crippen LogP contribution >= 0.6 is 0 Å². The molecule has 1 atom stereocenters. The van der Waals surface area contributed by atoms with E-state index in [-0.39, 0.29) is 16.8 Å². The Kier molecular flexibility index (Phi) is 7.27. The largest absolute Gasteiger partial charge is 0.462 e. The van der Waals surface area contributed by atoms with Crippen molar-refractivity contribution in [1.29, 1.82) is 0 Å². The first-order chi connectivity index (χ1) is 15.4. The van der Waals surface area contributed by atoms with Gasteiger partial charge in [-0.2, -0.15) is 0 Å². The van der Waals surface area contributed by atoms with Crippen LogP contribution in [0.4, 0.5) is 0 Å². The average molecular weight is 447 g/mol. The van der Waals surface area contributed by atoms with Crippen molar-refractivity contribution in [2.24, 2.45) is 11.8 Å². The van der Waals surface area contributed by atoms with E-state index < -0.39 is 0 Å².